The number of imidazole rings is 1. The fourth-order valence-electron chi connectivity index (χ4n) is 2.66. The van der Waals surface area contributed by atoms with Crippen LogP contribution in [0.4, 0.5) is 0 Å². The maximum Gasteiger partial charge on any atom is 0.251 e. The van der Waals surface area contributed by atoms with E-state index in [4.69, 9.17) is 0 Å². The summed E-state index contributed by atoms with van der Waals surface area (Å²) in [6.07, 6.45) is 0. The topological polar surface area (TPSA) is 76.0 Å². The molecule has 0 aliphatic heterocycles. The Bertz CT molecular complexity index is 942. The van der Waals surface area contributed by atoms with E-state index in [0.717, 1.165) is 22.4 Å². The molecule has 25 heavy (non-hydrogen) atoms. The normalized spacial score (nSPS) is 10.7. The third kappa shape index (κ3) is 3.38. The van der Waals surface area contributed by atoms with Crippen molar-refractivity contribution in [3.63, 3.8) is 0 Å². The van der Waals surface area contributed by atoms with E-state index in [2.05, 4.69) is 15.6 Å². The minimum absolute atomic E-state index is 0.130. The summed E-state index contributed by atoms with van der Waals surface area (Å²) < 4.78 is 1.99. The second kappa shape index (κ2) is 6.76. The molecule has 0 spiro atoms. The minimum Gasteiger partial charge on any atom is -0.355 e. The monoisotopic (exact) mass is 336 g/mol. The van der Waals surface area contributed by atoms with Crippen molar-refractivity contribution in [2.45, 2.75) is 13.5 Å². The molecule has 0 radical (unpaired) electrons. The number of benzene rings is 2. The summed E-state index contributed by atoms with van der Waals surface area (Å²) in [6, 6.07) is 12.6. The molecule has 2 aromatic carbocycles. The predicted molar refractivity (Wildman–Crippen MR) is 96.5 cm³/mol. The fraction of sp³-hybridized carbons (Fsp3) is 0.211. The lowest BCUT2D eigenvalue weighted by atomic mass is 10.1. The van der Waals surface area contributed by atoms with Crippen LogP contribution in [0.2, 0.25) is 0 Å². The van der Waals surface area contributed by atoms with Crippen LogP contribution in [0.25, 0.3) is 11.0 Å². The molecule has 1 heterocycles. The SMILES string of the molecule is CNC(=O)c1ccc(CNC(=O)c2ccc3c(c2)nc(C)n3C)cc1. The summed E-state index contributed by atoms with van der Waals surface area (Å²) in [7, 11) is 3.54. The van der Waals surface area contributed by atoms with E-state index in [1.54, 1.807) is 31.3 Å². The molecule has 3 aromatic rings. The lowest BCUT2D eigenvalue weighted by Gasteiger charge is -2.07. The number of hydrogen-bond acceptors (Lipinski definition) is 3. The van der Waals surface area contributed by atoms with Gasteiger partial charge in [0.15, 0.2) is 0 Å². The zero-order chi connectivity index (χ0) is 18.0. The molecule has 3 rings (SSSR count). The molecular formula is C19H20N4O2. The summed E-state index contributed by atoms with van der Waals surface area (Å²) in [5.74, 6) is 0.624. The van der Waals surface area contributed by atoms with Gasteiger partial charge in [-0.1, -0.05) is 12.1 Å². The second-order valence-electron chi connectivity index (χ2n) is 5.88. The van der Waals surface area contributed by atoms with Crippen molar-refractivity contribution in [1.82, 2.24) is 20.2 Å². The molecule has 0 aliphatic carbocycles. The van der Waals surface area contributed by atoms with Gasteiger partial charge in [-0.3, -0.25) is 9.59 Å². The third-order valence-corrected chi connectivity index (χ3v) is 4.26. The molecule has 0 saturated heterocycles. The largest absolute Gasteiger partial charge is 0.355 e. The van der Waals surface area contributed by atoms with Gasteiger partial charge in [-0.25, -0.2) is 4.98 Å². The average Bonchev–Trinajstić information content (AvgIpc) is 2.93. The first-order valence-corrected chi connectivity index (χ1v) is 8.02. The van der Waals surface area contributed by atoms with Gasteiger partial charge in [0.1, 0.15) is 5.82 Å². The number of carbonyl (C=O) groups excluding carboxylic acids is 2. The number of amides is 2. The number of nitrogens with one attached hydrogen (secondary N) is 2. The van der Waals surface area contributed by atoms with Crippen molar-refractivity contribution in [2.24, 2.45) is 7.05 Å². The van der Waals surface area contributed by atoms with E-state index in [1.807, 2.05) is 36.7 Å². The Morgan fingerprint density at radius 3 is 2.40 bits per heavy atom. The Morgan fingerprint density at radius 2 is 1.72 bits per heavy atom. The van der Waals surface area contributed by atoms with E-state index in [-0.39, 0.29) is 11.8 Å². The van der Waals surface area contributed by atoms with Crippen molar-refractivity contribution >= 4 is 22.8 Å². The number of rotatable bonds is 4. The van der Waals surface area contributed by atoms with Crippen LogP contribution in [-0.4, -0.2) is 28.4 Å². The van der Waals surface area contributed by atoms with Crippen LogP contribution in [0, 0.1) is 6.92 Å². The van der Waals surface area contributed by atoms with Gasteiger partial charge < -0.3 is 15.2 Å². The quantitative estimate of drug-likeness (QED) is 0.767. The van der Waals surface area contributed by atoms with E-state index >= 15 is 0 Å². The van der Waals surface area contributed by atoms with Crippen molar-refractivity contribution < 1.29 is 9.59 Å². The van der Waals surface area contributed by atoms with E-state index in [9.17, 15) is 9.59 Å². The minimum atomic E-state index is -0.152. The van der Waals surface area contributed by atoms with Crippen LogP contribution in [0.1, 0.15) is 32.1 Å². The summed E-state index contributed by atoms with van der Waals surface area (Å²) in [5, 5.41) is 5.47. The lowest BCUT2D eigenvalue weighted by molar-refractivity contribution is 0.0946. The predicted octanol–water partition coefficient (Wildman–Crippen LogP) is 2.17. The van der Waals surface area contributed by atoms with Gasteiger partial charge in [0.05, 0.1) is 11.0 Å². The highest BCUT2D eigenvalue weighted by Crippen LogP contribution is 2.16. The highest BCUT2D eigenvalue weighted by atomic mass is 16.2. The molecule has 2 amide bonds. The molecule has 0 bridgehead atoms. The molecule has 6 nitrogen and oxygen atoms in total. The molecule has 0 aliphatic rings. The summed E-state index contributed by atoms with van der Waals surface area (Å²) in [5.41, 5.74) is 3.90. The third-order valence-electron chi connectivity index (χ3n) is 4.26. The smallest absolute Gasteiger partial charge is 0.251 e. The van der Waals surface area contributed by atoms with E-state index in [0.29, 0.717) is 17.7 Å². The lowest BCUT2D eigenvalue weighted by Crippen LogP contribution is -2.23. The van der Waals surface area contributed by atoms with Crippen LogP contribution >= 0.6 is 0 Å². The van der Waals surface area contributed by atoms with Crippen molar-refractivity contribution in [1.29, 1.82) is 0 Å². The molecule has 6 heteroatoms. The number of nitrogens with zero attached hydrogens (tertiary/aromatic N) is 2. The van der Waals surface area contributed by atoms with Crippen LogP contribution < -0.4 is 10.6 Å². The van der Waals surface area contributed by atoms with E-state index in [1.165, 1.54) is 0 Å². The number of aromatic nitrogens is 2. The molecule has 1 aromatic heterocycles. The van der Waals surface area contributed by atoms with Gasteiger partial charge in [0, 0.05) is 31.8 Å². The highest BCUT2D eigenvalue weighted by molar-refractivity contribution is 5.97. The van der Waals surface area contributed by atoms with Crippen molar-refractivity contribution in [3.8, 4) is 0 Å². The van der Waals surface area contributed by atoms with Crippen LogP contribution in [0.15, 0.2) is 42.5 Å². The Kier molecular flexibility index (Phi) is 4.52. The molecule has 0 atom stereocenters. The van der Waals surface area contributed by atoms with Crippen LogP contribution in [0.3, 0.4) is 0 Å². The molecular weight excluding hydrogens is 316 g/mol. The Balaban J connectivity index is 1.69. The number of carbonyl (C=O) groups is 2. The van der Waals surface area contributed by atoms with Crippen molar-refractivity contribution in [3.05, 3.63) is 65.0 Å². The fourth-order valence-corrected chi connectivity index (χ4v) is 2.66. The van der Waals surface area contributed by atoms with Gasteiger partial charge in [-0.15, -0.1) is 0 Å². The zero-order valence-electron chi connectivity index (χ0n) is 14.5. The summed E-state index contributed by atoms with van der Waals surface area (Å²) >= 11 is 0. The maximum absolute atomic E-state index is 12.4. The Morgan fingerprint density at radius 1 is 1.04 bits per heavy atom. The molecule has 0 fully saturated rings. The van der Waals surface area contributed by atoms with Crippen LogP contribution in [0.5, 0.6) is 0 Å². The van der Waals surface area contributed by atoms with Crippen LogP contribution in [-0.2, 0) is 13.6 Å². The van der Waals surface area contributed by atoms with Crippen molar-refractivity contribution in [2.75, 3.05) is 7.05 Å². The maximum atomic E-state index is 12.4. The van der Waals surface area contributed by atoms with Gasteiger partial charge in [-0.05, 0) is 42.8 Å². The standard InChI is InChI=1S/C19H20N4O2/c1-12-22-16-10-15(8-9-17(16)23(12)3)19(25)21-11-13-4-6-14(7-5-13)18(24)20-2/h4-10H,11H2,1-3H3,(H,20,24)(H,21,25). The zero-order valence-corrected chi connectivity index (χ0v) is 14.5. The first-order chi connectivity index (χ1) is 12.0. The molecule has 2 N–H and O–H groups in total. The number of hydrogen-bond donors (Lipinski definition) is 2. The molecule has 0 saturated carbocycles. The number of aryl methyl sites for hydroxylation is 2. The molecule has 0 unspecified atom stereocenters. The van der Waals surface area contributed by atoms with Gasteiger partial charge in [0.25, 0.3) is 11.8 Å². The molecule has 128 valence electrons. The summed E-state index contributed by atoms with van der Waals surface area (Å²) in [6.45, 7) is 2.33. The highest BCUT2D eigenvalue weighted by Gasteiger charge is 2.10. The second-order valence-corrected chi connectivity index (χ2v) is 5.88. The Hall–Kier alpha value is -3.15. The first-order valence-electron chi connectivity index (χ1n) is 8.02. The number of fused-ring (bicyclic) bond motifs is 1. The average molecular weight is 336 g/mol. The van der Waals surface area contributed by atoms with Gasteiger partial charge in [0.2, 0.25) is 0 Å². The van der Waals surface area contributed by atoms with Gasteiger partial charge >= 0.3 is 0 Å². The van der Waals surface area contributed by atoms with Gasteiger partial charge in [-0.2, -0.15) is 0 Å². The van der Waals surface area contributed by atoms with E-state index < -0.39 is 0 Å². The Labute approximate surface area is 145 Å². The summed E-state index contributed by atoms with van der Waals surface area (Å²) in [4.78, 5) is 28.3. The first kappa shape index (κ1) is 16.7.